The minimum Gasteiger partial charge on any atom is -0.380 e. The van der Waals surface area contributed by atoms with Gasteiger partial charge in [-0.1, -0.05) is 22.9 Å². The van der Waals surface area contributed by atoms with Crippen LogP contribution in [0.3, 0.4) is 0 Å². The first-order valence-corrected chi connectivity index (χ1v) is 5.13. The minimum absolute atomic E-state index is 0.678. The fraction of sp³-hybridized carbons (Fsp3) is 0.250. The summed E-state index contributed by atoms with van der Waals surface area (Å²) in [4.78, 5) is 1.16. The maximum Gasteiger partial charge on any atom is 0.0713 e. The van der Waals surface area contributed by atoms with E-state index in [0.29, 0.717) is 6.61 Å². The number of rotatable bonds is 3. The zero-order valence-electron chi connectivity index (χ0n) is 6.28. The average Bonchev–Trinajstić information content (AvgIpc) is 2.07. The third kappa shape index (κ3) is 2.77. The van der Waals surface area contributed by atoms with E-state index < -0.39 is 0 Å². The van der Waals surface area contributed by atoms with Crippen LogP contribution in [-0.4, -0.2) is 7.11 Å². The Bertz CT molecular complexity index is 208. The van der Waals surface area contributed by atoms with E-state index in [-0.39, 0.29) is 0 Å². The highest BCUT2D eigenvalue weighted by atomic mass is 33.1. The summed E-state index contributed by atoms with van der Waals surface area (Å²) in [6.45, 7) is 0.678. The fourth-order valence-electron chi connectivity index (χ4n) is 0.813. The molecule has 0 aliphatic rings. The van der Waals surface area contributed by atoms with Crippen LogP contribution in [0.5, 0.6) is 0 Å². The van der Waals surface area contributed by atoms with Crippen molar-refractivity contribution in [1.82, 2.24) is 0 Å². The Morgan fingerprint density at radius 3 is 2.45 bits per heavy atom. The fourth-order valence-corrected chi connectivity index (χ4v) is 1.44. The number of hydrogen-bond acceptors (Lipinski definition) is 3. The summed E-state index contributed by atoms with van der Waals surface area (Å²) in [5.41, 5.74) is 1.19. The second-order valence-electron chi connectivity index (χ2n) is 2.17. The first-order chi connectivity index (χ1) is 5.36. The average molecular weight is 186 g/mol. The van der Waals surface area contributed by atoms with Gasteiger partial charge in [-0.15, -0.1) is 11.7 Å². The maximum absolute atomic E-state index is 4.98. The van der Waals surface area contributed by atoms with Gasteiger partial charge in [0.2, 0.25) is 0 Å². The molecule has 0 aromatic heterocycles. The van der Waals surface area contributed by atoms with Crippen LogP contribution >= 0.6 is 22.5 Å². The maximum atomic E-state index is 4.98. The monoisotopic (exact) mass is 186 g/mol. The molecule has 1 nitrogen and oxygen atoms in total. The highest BCUT2D eigenvalue weighted by Crippen LogP contribution is 2.21. The molecule has 60 valence electrons. The van der Waals surface area contributed by atoms with Crippen LogP contribution in [0.15, 0.2) is 29.2 Å². The molecule has 0 aliphatic carbocycles. The molecule has 0 saturated carbocycles. The third-order valence-corrected chi connectivity index (χ3v) is 2.46. The molecule has 1 rings (SSSR count). The molecule has 0 unspecified atom stereocenters. The van der Waals surface area contributed by atoms with E-state index in [2.05, 4.69) is 11.7 Å². The van der Waals surface area contributed by atoms with Crippen LogP contribution in [0.4, 0.5) is 0 Å². The molecule has 0 bridgehead atoms. The van der Waals surface area contributed by atoms with Crippen molar-refractivity contribution in [1.29, 1.82) is 0 Å². The van der Waals surface area contributed by atoms with Crippen molar-refractivity contribution in [3.63, 3.8) is 0 Å². The zero-order valence-corrected chi connectivity index (χ0v) is 7.99. The SMILES string of the molecule is COCc1ccc(SS)cc1. The van der Waals surface area contributed by atoms with Gasteiger partial charge in [0, 0.05) is 12.0 Å². The molecule has 0 heterocycles. The molecule has 0 fully saturated rings. The van der Waals surface area contributed by atoms with Crippen LogP contribution in [-0.2, 0) is 11.3 Å². The van der Waals surface area contributed by atoms with Gasteiger partial charge in [0.1, 0.15) is 0 Å². The minimum atomic E-state index is 0.678. The molecule has 0 aliphatic heterocycles. The normalized spacial score (nSPS) is 10.0. The van der Waals surface area contributed by atoms with E-state index in [9.17, 15) is 0 Å². The first kappa shape index (κ1) is 8.97. The Morgan fingerprint density at radius 2 is 2.00 bits per heavy atom. The van der Waals surface area contributed by atoms with Gasteiger partial charge >= 0.3 is 0 Å². The van der Waals surface area contributed by atoms with Crippen molar-refractivity contribution in [3.05, 3.63) is 29.8 Å². The lowest BCUT2D eigenvalue weighted by molar-refractivity contribution is 0.185. The van der Waals surface area contributed by atoms with Crippen LogP contribution < -0.4 is 0 Å². The number of thiol groups is 1. The second kappa shape index (κ2) is 4.70. The third-order valence-electron chi connectivity index (χ3n) is 1.34. The Morgan fingerprint density at radius 1 is 1.36 bits per heavy atom. The molecule has 0 N–H and O–H groups in total. The molecule has 0 atom stereocenters. The van der Waals surface area contributed by atoms with Gasteiger partial charge in [-0.3, -0.25) is 0 Å². The van der Waals surface area contributed by atoms with Gasteiger partial charge in [0.25, 0.3) is 0 Å². The summed E-state index contributed by atoms with van der Waals surface area (Å²) >= 11 is 4.08. The summed E-state index contributed by atoms with van der Waals surface area (Å²) in [5.74, 6) is 0. The van der Waals surface area contributed by atoms with E-state index in [1.165, 1.54) is 16.4 Å². The van der Waals surface area contributed by atoms with Crippen LogP contribution in [0, 0.1) is 0 Å². The number of hydrogen-bond donors (Lipinski definition) is 1. The highest BCUT2D eigenvalue weighted by Gasteiger charge is 1.91. The molecular weight excluding hydrogens is 176 g/mol. The van der Waals surface area contributed by atoms with Crippen molar-refractivity contribution in [2.75, 3.05) is 7.11 Å². The lowest BCUT2D eigenvalue weighted by Gasteiger charge is -1.99. The molecule has 1 aromatic rings. The van der Waals surface area contributed by atoms with Gasteiger partial charge in [-0.25, -0.2) is 0 Å². The first-order valence-electron chi connectivity index (χ1n) is 3.26. The lowest BCUT2D eigenvalue weighted by atomic mass is 10.2. The van der Waals surface area contributed by atoms with Crippen molar-refractivity contribution < 1.29 is 4.74 Å². The van der Waals surface area contributed by atoms with Gasteiger partial charge in [-0.2, -0.15) is 0 Å². The molecule has 1 aromatic carbocycles. The number of methoxy groups -OCH3 is 1. The Hall–Kier alpha value is -0.120. The summed E-state index contributed by atoms with van der Waals surface area (Å²) in [6, 6.07) is 8.15. The molecule has 0 saturated heterocycles. The highest BCUT2D eigenvalue weighted by molar-refractivity contribution is 8.68. The number of ether oxygens (including phenoxy) is 1. The summed E-state index contributed by atoms with van der Waals surface area (Å²) in [5, 5.41) is 0. The summed E-state index contributed by atoms with van der Waals surface area (Å²) in [7, 11) is 3.14. The standard InChI is InChI=1S/C8H10OS2/c1-9-6-7-2-4-8(11-10)5-3-7/h2-5,10H,6H2,1H3. The predicted molar refractivity (Wildman–Crippen MR) is 52.0 cm³/mol. The van der Waals surface area contributed by atoms with Gasteiger partial charge < -0.3 is 4.74 Å². The van der Waals surface area contributed by atoms with Gasteiger partial charge in [0.05, 0.1) is 6.61 Å². The van der Waals surface area contributed by atoms with Crippen molar-refractivity contribution in [3.8, 4) is 0 Å². The van der Waals surface area contributed by atoms with Crippen molar-refractivity contribution in [2.24, 2.45) is 0 Å². The molecule has 0 amide bonds. The summed E-state index contributed by atoms with van der Waals surface area (Å²) in [6.07, 6.45) is 0. The van der Waals surface area contributed by atoms with Crippen LogP contribution in [0.1, 0.15) is 5.56 Å². The largest absolute Gasteiger partial charge is 0.380 e. The Labute approximate surface area is 76.0 Å². The molecule has 0 spiro atoms. The van der Waals surface area contributed by atoms with Crippen molar-refractivity contribution in [2.45, 2.75) is 11.5 Å². The second-order valence-corrected chi connectivity index (χ2v) is 3.37. The van der Waals surface area contributed by atoms with Gasteiger partial charge in [0.15, 0.2) is 0 Å². The lowest BCUT2D eigenvalue weighted by Crippen LogP contribution is -1.85. The summed E-state index contributed by atoms with van der Waals surface area (Å²) < 4.78 is 4.98. The molecule has 3 heteroatoms. The van der Waals surface area contributed by atoms with Crippen LogP contribution in [0.25, 0.3) is 0 Å². The Kier molecular flexibility index (Phi) is 3.83. The van der Waals surface area contributed by atoms with Crippen molar-refractivity contribution >= 4 is 22.5 Å². The van der Waals surface area contributed by atoms with E-state index in [1.54, 1.807) is 7.11 Å². The quantitative estimate of drug-likeness (QED) is 0.574. The molecule has 0 radical (unpaired) electrons. The smallest absolute Gasteiger partial charge is 0.0713 e. The van der Waals surface area contributed by atoms with E-state index in [0.717, 1.165) is 4.90 Å². The zero-order chi connectivity index (χ0) is 8.10. The predicted octanol–water partition coefficient (Wildman–Crippen LogP) is 2.77. The van der Waals surface area contributed by atoms with E-state index in [4.69, 9.17) is 4.74 Å². The van der Waals surface area contributed by atoms with E-state index in [1.807, 2.05) is 24.3 Å². The van der Waals surface area contributed by atoms with E-state index >= 15 is 0 Å². The topological polar surface area (TPSA) is 9.23 Å². The van der Waals surface area contributed by atoms with Gasteiger partial charge in [-0.05, 0) is 17.7 Å². The molecule has 11 heavy (non-hydrogen) atoms. The number of benzene rings is 1. The van der Waals surface area contributed by atoms with Crippen LogP contribution in [0.2, 0.25) is 0 Å². The Balaban J connectivity index is 2.66. The molecular formula is C8H10OS2.